The molecule has 1 heteroatoms. The summed E-state index contributed by atoms with van der Waals surface area (Å²) in [6.07, 6.45) is 11.0. The van der Waals surface area contributed by atoms with E-state index < -0.39 is 0 Å². The SMILES string of the molecule is C=C/C=C/c1cccc(C)c1.CC1CCC(N)CC1. The van der Waals surface area contributed by atoms with E-state index in [1.54, 1.807) is 6.08 Å². The van der Waals surface area contributed by atoms with E-state index in [1.807, 2.05) is 12.2 Å². The Morgan fingerprint density at radius 3 is 2.42 bits per heavy atom. The van der Waals surface area contributed by atoms with Crippen molar-refractivity contribution in [1.29, 1.82) is 0 Å². The van der Waals surface area contributed by atoms with E-state index in [0.29, 0.717) is 6.04 Å². The van der Waals surface area contributed by atoms with E-state index in [2.05, 4.69) is 44.7 Å². The van der Waals surface area contributed by atoms with Gasteiger partial charge in [0.25, 0.3) is 0 Å². The summed E-state index contributed by atoms with van der Waals surface area (Å²) in [6, 6.07) is 8.88. The number of allylic oxidation sites excluding steroid dienone is 2. The van der Waals surface area contributed by atoms with Crippen LogP contribution in [-0.4, -0.2) is 6.04 Å². The number of hydrogen-bond donors (Lipinski definition) is 1. The highest BCUT2D eigenvalue weighted by molar-refractivity contribution is 5.51. The van der Waals surface area contributed by atoms with Gasteiger partial charge in [0.1, 0.15) is 0 Å². The van der Waals surface area contributed by atoms with Gasteiger partial charge in [-0.1, -0.05) is 61.6 Å². The molecule has 1 nitrogen and oxygen atoms in total. The Balaban J connectivity index is 0.000000200. The second kappa shape index (κ2) is 8.71. The first-order chi connectivity index (χ1) is 9.11. The third-order valence-corrected chi connectivity index (χ3v) is 3.53. The fourth-order valence-corrected chi connectivity index (χ4v) is 2.24. The summed E-state index contributed by atoms with van der Waals surface area (Å²) >= 11 is 0. The zero-order chi connectivity index (χ0) is 14.1. The Morgan fingerprint density at radius 2 is 1.89 bits per heavy atom. The highest BCUT2D eigenvalue weighted by Gasteiger charge is 2.13. The van der Waals surface area contributed by atoms with Crippen molar-refractivity contribution in [1.82, 2.24) is 0 Å². The van der Waals surface area contributed by atoms with Crippen LogP contribution in [0.2, 0.25) is 0 Å². The molecule has 0 spiro atoms. The Kier molecular flexibility index (Phi) is 7.20. The standard InChI is InChI=1S/C11H12.C7H15N/c1-3-4-7-11-8-5-6-10(2)9-11;1-6-2-4-7(8)5-3-6/h3-9H,1H2,2H3;6-7H,2-5,8H2,1H3/b7-4+;. The van der Waals surface area contributed by atoms with Gasteiger partial charge < -0.3 is 5.73 Å². The predicted molar refractivity (Wildman–Crippen MR) is 86.0 cm³/mol. The fourth-order valence-electron chi connectivity index (χ4n) is 2.24. The van der Waals surface area contributed by atoms with Crippen LogP contribution in [0.15, 0.2) is 43.0 Å². The minimum atomic E-state index is 0.520. The van der Waals surface area contributed by atoms with Gasteiger partial charge in [0, 0.05) is 6.04 Å². The second-order valence-electron chi connectivity index (χ2n) is 5.53. The molecule has 0 heterocycles. The topological polar surface area (TPSA) is 26.0 Å². The Bertz CT molecular complexity index is 388. The average Bonchev–Trinajstić information content (AvgIpc) is 2.41. The van der Waals surface area contributed by atoms with Gasteiger partial charge in [0.15, 0.2) is 0 Å². The number of aryl methyl sites for hydroxylation is 1. The molecule has 0 aromatic heterocycles. The molecule has 1 aromatic carbocycles. The lowest BCUT2D eigenvalue weighted by Crippen LogP contribution is -2.25. The molecule has 2 rings (SSSR count). The monoisotopic (exact) mass is 257 g/mol. The molecule has 19 heavy (non-hydrogen) atoms. The summed E-state index contributed by atoms with van der Waals surface area (Å²) in [4.78, 5) is 0. The molecule has 0 aliphatic heterocycles. The maximum absolute atomic E-state index is 5.70. The van der Waals surface area contributed by atoms with Gasteiger partial charge in [-0.2, -0.15) is 0 Å². The van der Waals surface area contributed by atoms with Crippen LogP contribution in [0.4, 0.5) is 0 Å². The molecule has 1 aliphatic rings. The van der Waals surface area contributed by atoms with Crippen LogP contribution in [0.3, 0.4) is 0 Å². The highest BCUT2D eigenvalue weighted by atomic mass is 14.6. The van der Waals surface area contributed by atoms with Gasteiger partial charge in [-0.05, 0) is 44.1 Å². The first-order valence-electron chi connectivity index (χ1n) is 7.23. The smallest absolute Gasteiger partial charge is 0.00390 e. The van der Waals surface area contributed by atoms with E-state index in [9.17, 15) is 0 Å². The summed E-state index contributed by atoms with van der Waals surface area (Å²) in [5.74, 6) is 0.940. The summed E-state index contributed by atoms with van der Waals surface area (Å²) in [5, 5.41) is 0. The average molecular weight is 257 g/mol. The quantitative estimate of drug-likeness (QED) is 0.762. The van der Waals surface area contributed by atoms with Crippen molar-refractivity contribution < 1.29 is 0 Å². The van der Waals surface area contributed by atoms with Crippen LogP contribution in [-0.2, 0) is 0 Å². The van der Waals surface area contributed by atoms with Crippen molar-refractivity contribution in [2.24, 2.45) is 11.7 Å². The lowest BCUT2D eigenvalue weighted by atomic mass is 9.88. The summed E-state index contributed by atoms with van der Waals surface area (Å²) in [5.41, 5.74) is 8.21. The molecule has 1 aliphatic carbocycles. The van der Waals surface area contributed by atoms with Gasteiger partial charge in [0.05, 0.1) is 0 Å². The van der Waals surface area contributed by atoms with Crippen molar-refractivity contribution in [2.45, 2.75) is 45.6 Å². The number of rotatable bonds is 2. The largest absolute Gasteiger partial charge is 0.328 e. The molecule has 2 N–H and O–H groups in total. The minimum absolute atomic E-state index is 0.520. The van der Waals surface area contributed by atoms with E-state index in [-0.39, 0.29) is 0 Å². The van der Waals surface area contributed by atoms with Crippen molar-refractivity contribution in [3.8, 4) is 0 Å². The lowest BCUT2D eigenvalue weighted by molar-refractivity contribution is 0.348. The molecule has 0 saturated heterocycles. The lowest BCUT2D eigenvalue weighted by Gasteiger charge is -2.22. The first-order valence-corrected chi connectivity index (χ1v) is 7.23. The van der Waals surface area contributed by atoms with Gasteiger partial charge in [-0.25, -0.2) is 0 Å². The zero-order valence-corrected chi connectivity index (χ0v) is 12.3. The van der Waals surface area contributed by atoms with Gasteiger partial charge in [-0.15, -0.1) is 0 Å². The highest BCUT2D eigenvalue weighted by Crippen LogP contribution is 2.21. The molecule has 1 saturated carbocycles. The number of hydrogen-bond acceptors (Lipinski definition) is 1. The van der Waals surface area contributed by atoms with Crippen LogP contribution in [0.5, 0.6) is 0 Å². The number of nitrogens with two attached hydrogens (primary N) is 1. The molecule has 0 unspecified atom stereocenters. The third kappa shape index (κ3) is 6.97. The van der Waals surface area contributed by atoms with Crippen LogP contribution < -0.4 is 5.73 Å². The van der Waals surface area contributed by atoms with Crippen molar-refractivity contribution in [2.75, 3.05) is 0 Å². The Labute approximate surface area is 118 Å². The Hall–Kier alpha value is -1.34. The molecular weight excluding hydrogens is 230 g/mol. The van der Waals surface area contributed by atoms with Gasteiger partial charge >= 0.3 is 0 Å². The predicted octanol–water partition coefficient (Wildman–Crippen LogP) is 4.72. The van der Waals surface area contributed by atoms with Gasteiger partial charge in [-0.3, -0.25) is 0 Å². The van der Waals surface area contributed by atoms with Crippen molar-refractivity contribution >= 4 is 6.08 Å². The molecule has 1 fully saturated rings. The first kappa shape index (κ1) is 15.7. The normalized spacial score (nSPS) is 22.7. The molecule has 0 bridgehead atoms. The van der Waals surface area contributed by atoms with Gasteiger partial charge in [0.2, 0.25) is 0 Å². The zero-order valence-electron chi connectivity index (χ0n) is 12.3. The minimum Gasteiger partial charge on any atom is -0.328 e. The molecule has 0 amide bonds. The van der Waals surface area contributed by atoms with E-state index in [1.165, 1.54) is 36.8 Å². The maximum Gasteiger partial charge on any atom is 0.00390 e. The van der Waals surface area contributed by atoms with E-state index >= 15 is 0 Å². The molecule has 104 valence electrons. The summed E-state index contributed by atoms with van der Waals surface area (Å²) < 4.78 is 0. The summed E-state index contributed by atoms with van der Waals surface area (Å²) in [6.45, 7) is 8.01. The van der Waals surface area contributed by atoms with E-state index in [0.717, 1.165) is 5.92 Å². The fraction of sp³-hybridized carbons (Fsp3) is 0.444. The van der Waals surface area contributed by atoms with E-state index in [4.69, 9.17) is 5.73 Å². The van der Waals surface area contributed by atoms with Crippen LogP contribution in [0, 0.1) is 12.8 Å². The second-order valence-corrected chi connectivity index (χ2v) is 5.53. The summed E-state index contributed by atoms with van der Waals surface area (Å²) in [7, 11) is 0. The Morgan fingerprint density at radius 1 is 1.21 bits per heavy atom. The maximum atomic E-state index is 5.70. The molecule has 1 aromatic rings. The third-order valence-electron chi connectivity index (χ3n) is 3.53. The van der Waals surface area contributed by atoms with Crippen molar-refractivity contribution in [3.05, 3.63) is 54.1 Å². The van der Waals surface area contributed by atoms with Crippen LogP contribution in [0.1, 0.15) is 43.7 Å². The number of benzene rings is 1. The molecule has 0 radical (unpaired) electrons. The molecular formula is C18H27N. The molecule has 0 atom stereocenters. The van der Waals surface area contributed by atoms with Crippen LogP contribution >= 0.6 is 0 Å². The van der Waals surface area contributed by atoms with Crippen LogP contribution in [0.25, 0.3) is 6.08 Å². The van der Waals surface area contributed by atoms with Crippen molar-refractivity contribution in [3.63, 3.8) is 0 Å².